The average molecular weight is 484 g/mol. The number of fused-ring (bicyclic) bond motifs is 2. The van der Waals surface area contributed by atoms with E-state index < -0.39 is 23.1 Å². The van der Waals surface area contributed by atoms with Gasteiger partial charge in [-0.2, -0.15) is 0 Å². The highest BCUT2D eigenvalue weighted by Gasteiger charge is 2.32. The number of benzene rings is 3. The summed E-state index contributed by atoms with van der Waals surface area (Å²) in [4.78, 5) is 38.1. The highest BCUT2D eigenvalue weighted by atomic mass is 16.5. The largest absolute Gasteiger partial charge is 0.507 e. The summed E-state index contributed by atoms with van der Waals surface area (Å²) in [5.41, 5.74) is -1.04. The number of hydrogen-bond acceptors (Lipinski definition) is 8. The van der Waals surface area contributed by atoms with Crippen molar-refractivity contribution in [1.82, 2.24) is 0 Å². The van der Waals surface area contributed by atoms with Gasteiger partial charge in [0.15, 0.2) is 11.5 Å². The van der Waals surface area contributed by atoms with E-state index in [0.29, 0.717) is 5.56 Å². The van der Waals surface area contributed by atoms with E-state index in [9.17, 15) is 24.6 Å². The summed E-state index contributed by atoms with van der Waals surface area (Å²) < 4.78 is 16.0. The van der Waals surface area contributed by atoms with E-state index in [2.05, 4.69) is 0 Å². The molecule has 1 unspecified atom stereocenters. The summed E-state index contributed by atoms with van der Waals surface area (Å²) in [7, 11) is 0. The standard InChI is InChI=1S/C28H20O8/c1-2-34-26(31)16-13-11-15(12-14-16)21(22-23(29)19-9-5-6-10-20(19)35-28(22)33)25-24(30)17-7-3-4-8-18(17)27(32)36-25/h3-14,21,29-30H,2H2,1H3. The molecule has 0 radical (unpaired) electrons. The lowest BCUT2D eigenvalue weighted by Crippen LogP contribution is -2.17. The summed E-state index contributed by atoms with van der Waals surface area (Å²) in [5.74, 6) is -2.76. The number of hydrogen-bond donors (Lipinski definition) is 2. The monoisotopic (exact) mass is 484 g/mol. The van der Waals surface area contributed by atoms with Crippen LogP contribution in [0.1, 0.15) is 40.1 Å². The average Bonchev–Trinajstić information content (AvgIpc) is 2.89. The van der Waals surface area contributed by atoms with E-state index in [4.69, 9.17) is 13.6 Å². The molecule has 0 saturated heterocycles. The maximum atomic E-state index is 13.2. The Kier molecular flexibility index (Phi) is 5.77. The molecule has 2 aromatic heterocycles. The summed E-state index contributed by atoms with van der Waals surface area (Å²) in [6, 6.07) is 18.8. The van der Waals surface area contributed by atoms with E-state index in [1.165, 1.54) is 36.4 Å². The lowest BCUT2D eigenvalue weighted by molar-refractivity contribution is 0.0526. The van der Waals surface area contributed by atoms with Gasteiger partial charge in [-0.1, -0.05) is 42.5 Å². The van der Waals surface area contributed by atoms with E-state index >= 15 is 0 Å². The Bertz CT molecular complexity index is 1730. The molecule has 3 aromatic carbocycles. The minimum atomic E-state index is -1.24. The third-order valence-electron chi connectivity index (χ3n) is 5.96. The number of aromatic hydroxyl groups is 2. The second kappa shape index (κ2) is 9.07. The molecule has 0 aliphatic rings. The molecular formula is C28H20O8. The third kappa shape index (κ3) is 3.78. The van der Waals surface area contributed by atoms with Gasteiger partial charge in [0.2, 0.25) is 0 Å². The number of carbonyl (C=O) groups excluding carboxylic acids is 1. The van der Waals surface area contributed by atoms with Crippen LogP contribution >= 0.6 is 0 Å². The van der Waals surface area contributed by atoms with Crippen molar-refractivity contribution in [2.24, 2.45) is 0 Å². The molecule has 1 atom stereocenters. The van der Waals surface area contributed by atoms with Crippen molar-refractivity contribution in [2.75, 3.05) is 6.61 Å². The SMILES string of the molecule is CCOC(=O)c1ccc(C(c2oc(=O)c3ccccc3c2O)c2c(O)c3ccccc3oc2=O)cc1. The van der Waals surface area contributed by atoms with Crippen LogP contribution in [0.2, 0.25) is 0 Å². The van der Waals surface area contributed by atoms with Gasteiger partial charge >= 0.3 is 17.2 Å². The number of carbonyl (C=O) groups is 1. The fourth-order valence-electron chi connectivity index (χ4n) is 4.28. The molecule has 0 aliphatic carbocycles. The predicted octanol–water partition coefficient (Wildman–Crippen LogP) is 4.67. The second-order valence-corrected chi connectivity index (χ2v) is 8.07. The van der Waals surface area contributed by atoms with Gasteiger partial charge in [0.1, 0.15) is 11.3 Å². The highest BCUT2D eigenvalue weighted by Crippen LogP contribution is 2.42. The van der Waals surface area contributed by atoms with Gasteiger partial charge in [-0.05, 0) is 42.8 Å². The van der Waals surface area contributed by atoms with Gasteiger partial charge < -0.3 is 23.8 Å². The molecular weight excluding hydrogens is 464 g/mol. The van der Waals surface area contributed by atoms with E-state index in [1.807, 2.05) is 0 Å². The van der Waals surface area contributed by atoms with Gasteiger partial charge in [0.25, 0.3) is 0 Å². The van der Waals surface area contributed by atoms with Crippen molar-refractivity contribution in [3.8, 4) is 11.5 Å². The van der Waals surface area contributed by atoms with Crippen LogP contribution < -0.4 is 11.3 Å². The summed E-state index contributed by atoms with van der Waals surface area (Å²) in [5, 5.41) is 23.0. The van der Waals surface area contributed by atoms with Crippen LogP contribution in [0.15, 0.2) is 91.2 Å². The molecule has 0 spiro atoms. The Morgan fingerprint density at radius 3 is 2.14 bits per heavy atom. The van der Waals surface area contributed by atoms with Crippen molar-refractivity contribution in [1.29, 1.82) is 0 Å². The van der Waals surface area contributed by atoms with Crippen LogP contribution in [0.4, 0.5) is 0 Å². The molecule has 36 heavy (non-hydrogen) atoms. The van der Waals surface area contributed by atoms with Gasteiger partial charge in [-0.15, -0.1) is 0 Å². The molecule has 0 fully saturated rings. The normalized spacial score (nSPS) is 12.0. The van der Waals surface area contributed by atoms with Crippen molar-refractivity contribution in [3.63, 3.8) is 0 Å². The second-order valence-electron chi connectivity index (χ2n) is 8.07. The summed E-state index contributed by atoms with van der Waals surface area (Å²) in [6.07, 6.45) is 0. The Balaban J connectivity index is 1.81. The lowest BCUT2D eigenvalue weighted by atomic mass is 9.87. The predicted molar refractivity (Wildman–Crippen MR) is 132 cm³/mol. The van der Waals surface area contributed by atoms with Crippen LogP contribution in [0.5, 0.6) is 11.5 Å². The molecule has 180 valence electrons. The Morgan fingerprint density at radius 1 is 0.806 bits per heavy atom. The number of ether oxygens (including phenoxy) is 1. The minimum absolute atomic E-state index is 0.157. The first kappa shape index (κ1) is 22.9. The van der Waals surface area contributed by atoms with Crippen LogP contribution in [0.25, 0.3) is 21.7 Å². The lowest BCUT2D eigenvalue weighted by Gasteiger charge is -2.19. The van der Waals surface area contributed by atoms with Gasteiger partial charge in [-0.25, -0.2) is 14.4 Å². The topological polar surface area (TPSA) is 127 Å². The summed E-state index contributed by atoms with van der Waals surface area (Å²) in [6.45, 7) is 1.89. The maximum absolute atomic E-state index is 13.2. The van der Waals surface area contributed by atoms with E-state index in [1.54, 1.807) is 43.3 Å². The molecule has 2 heterocycles. The van der Waals surface area contributed by atoms with E-state index in [0.717, 1.165) is 0 Å². The molecule has 5 aromatic rings. The van der Waals surface area contributed by atoms with Crippen molar-refractivity contribution in [2.45, 2.75) is 12.8 Å². The number of rotatable bonds is 5. The molecule has 0 saturated carbocycles. The van der Waals surface area contributed by atoms with Crippen molar-refractivity contribution >= 4 is 27.7 Å². The zero-order valence-corrected chi connectivity index (χ0v) is 19.1. The molecule has 0 bridgehead atoms. The Labute approximate surface area is 203 Å². The summed E-state index contributed by atoms with van der Waals surface area (Å²) >= 11 is 0. The number of esters is 1. The molecule has 8 heteroatoms. The van der Waals surface area contributed by atoms with Crippen LogP contribution in [-0.4, -0.2) is 22.8 Å². The van der Waals surface area contributed by atoms with Crippen molar-refractivity contribution in [3.05, 3.63) is 116 Å². The fourth-order valence-corrected chi connectivity index (χ4v) is 4.28. The van der Waals surface area contributed by atoms with Gasteiger partial charge in [-0.3, -0.25) is 0 Å². The number of para-hydroxylation sites is 1. The molecule has 0 amide bonds. The van der Waals surface area contributed by atoms with Crippen LogP contribution in [0.3, 0.4) is 0 Å². The van der Waals surface area contributed by atoms with Crippen molar-refractivity contribution < 1.29 is 28.6 Å². The van der Waals surface area contributed by atoms with Crippen LogP contribution in [0, 0.1) is 0 Å². The molecule has 8 nitrogen and oxygen atoms in total. The third-order valence-corrected chi connectivity index (χ3v) is 5.96. The van der Waals surface area contributed by atoms with Crippen LogP contribution in [-0.2, 0) is 4.74 Å². The van der Waals surface area contributed by atoms with Gasteiger partial charge in [0.05, 0.1) is 34.4 Å². The first-order valence-electron chi connectivity index (χ1n) is 11.2. The Hall–Kier alpha value is -4.85. The zero-order chi connectivity index (χ0) is 25.4. The fraction of sp³-hybridized carbons (Fsp3) is 0.107. The Morgan fingerprint density at radius 2 is 1.44 bits per heavy atom. The first-order chi connectivity index (χ1) is 17.4. The van der Waals surface area contributed by atoms with E-state index in [-0.39, 0.29) is 56.7 Å². The minimum Gasteiger partial charge on any atom is -0.507 e. The van der Waals surface area contributed by atoms with Gasteiger partial charge in [0, 0.05) is 5.39 Å². The molecule has 0 aliphatic heterocycles. The molecule has 5 rings (SSSR count). The first-order valence-corrected chi connectivity index (χ1v) is 11.2. The smallest absolute Gasteiger partial charge is 0.344 e. The highest BCUT2D eigenvalue weighted by molar-refractivity contribution is 5.90. The quantitative estimate of drug-likeness (QED) is 0.272. The maximum Gasteiger partial charge on any atom is 0.344 e. The zero-order valence-electron chi connectivity index (χ0n) is 19.1. The molecule has 2 N–H and O–H groups in total.